The van der Waals surface area contributed by atoms with Crippen molar-refractivity contribution in [3.63, 3.8) is 0 Å². The van der Waals surface area contributed by atoms with E-state index in [0.29, 0.717) is 6.42 Å². The van der Waals surface area contributed by atoms with Gasteiger partial charge in [-0.15, -0.1) is 0 Å². The molecule has 3 N–H and O–H groups in total. The maximum absolute atomic E-state index is 12.6. The third kappa shape index (κ3) is 46.5. The Hall–Kier alpha value is -2.81. The molecule has 0 radical (unpaired) electrons. The minimum atomic E-state index is -4.38. The molecule has 0 rings (SSSR count). The van der Waals surface area contributed by atoms with Crippen molar-refractivity contribution >= 4 is 19.8 Å². The summed E-state index contributed by atoms with van der Waals surface area (Å²) in [6, 6.07) is 0. The van der Waals surface area contributed by atoms with Crippen LogP contribution in [0.15, 0.2) is 85.1 Å². The summed E-state index contributed by atoms with van der Waals surface area (Å²) in [7, 11) is -4.38. The molecule has 0 fully saturated rings. The molecule has 0 spiro atoms. The average Bonchev–Trinajstić information content (AvgIpc) is 3.25. The van der Waals surface area contributed by atoms with Crippen LogP contribution in [0, 0.1) is 0 Å². The second-order valence-corrected chi connectivity index (χ2v) is 17.1. The first-order valence-electron chi connectivity index (χ1n) is 24.1. The normalized spacial score (nSPS) is 14.0. The van der Waals surface area contributed by atoms with E-state index in [2.05, 4.69) is 98.9 Å². The number of rotatable bonds is 44. The third-order valence-corrected chi connectivity index (χ3v) is 10.8. The van der Waals surface area contributed by atoms with Crippen LogP contribution in [0.5, 0.6) is 0 Å². The van der Waals surface area contributed by atoms with Crippen molar-refractivity contribution in [1.29, 1.82) is 0 Å². The molecule has 0 saturated carbocycles. The van der Waals surface area contributed by atoms with Gasteiger partial charge in [-0.25, -0.2) is 4.57 Å². The fourth-order valence-corrected chi connectivity index (χ4v) is 7.03. The molecule has 0 saturated heterocycles. The number of hydrogen-bond donors (Lipinski definition) is 2. The number of carbonyl (C=O) groups is 2. The number of phosphoric acid groups is 1. The zero-order valence-corrected chi connectivity index (χ0v) is 39.5. The maximum Gasteiger partial charge on any atom is 0.472 e. The Morgan fingerprint density at radius 2 is 0.902 bits per heavy atom. The first-order chi connectivity index (χ1) is 29.8. The van der Waals surface area contributed by atoms with Gasteiger partial charge in [-0.3, -0.25) is 18.6 Å². The van der Waals surface area contributed by atoms with Gasteiger partial charge in [0.25, 0.3) is 0 Å². The van der Waals surface area contributed by atoms with Crippen molar-refractivity contribution in [3.05, 3.63) is 85.1 Å². The fourth-order valence-electron chi connectivity index (χ4n) is 6.26. The first-order valence-corrected chi connectivity index (χ1v) is 25.6. The molecular weight excluding hydrogens is 786 g/mol. The van der Waals surface area contributed by atoms with Gasteiger partial charge in [0.1, 0.15) is 6.61 Å². The topological polar surface area (TPSA) is 134 Å². The zero-order chi connectivity index (χ0) is 44.6. The highest BCUT2D eigenvalue weighted by atomic mass is 31.2. The van der Waals surface area contributed by atoms with Crippen molar-refractivity contribution in [2.75, 3.05) is 26.4 Å². The van der Waals surface area contributed by atoms with Crippen LogP contribution in [0.4, 0.5) is 0 Å². The average molecular weight is 874 g/mol. The molecule has 350 valence electrons. The predicted molar refractivity (Wildman–Crippen MR) is 256 cm³/mol. The number of hydrogen-bond acceptors (Lipinski definition) is 8. The smallest absolute Gasteiger partial charge is 0.462 e. The Balaban J connectivity index is 4.00. The minimum absolute atomic E-state index is 0.0495. The Bertz CT molecular complexity index is 1270. The van der Waals surface area contributed by atoms with Gasteiger partial charge in [0.15, 0.2) is 6.10 Å². The standard InChI is InChI=1S/C51H88NO8P/c1-3-5-7-9-11-13-14-15-16-17-18-19-20-21-22-23-24-25-26-27-28-29-30-31-32-33-34-36-38-40-42-44-51(54)60-49(48-59-61(55,56)58-46-45-52)47-57-50(53)43-41-39-37-35-12-10-8-6-4-2/h5,7,11,13,15-16,18-19,21-22,24-25,27-28,49H,3-4,6,8-10,12,14,17,20,23,26,29-48,52H2,1-2H3,(H,55,56)/b7-5-,13-11-,16-15-,19-18-,22-21-,25-24-,28-27-. The molecule has 0 aromatic rings. The Morgan fingerprint density at radius 3 is 1.34 bits per heavy atom. The van der Waals surface area contributed by atoms with Crippen LogP contribution >= 0.6 is 7.82 Å². The number of ether oxygens (including phenoxy) is 2. The molecular formula is C51H88NO8P. The summed E-state index contributed by atoms with van der Waals surface area (Å²) in [5.41, 5.74) is 5.35. The lowest BCUT2D eigenvalue weighted by atomic mass is 10.1. The molecule has 0 aromatic carbocycles. The van der Waals surface area contributed by atoms with Crippen LogP contribution < -0.4 is 5.73 Å². The number of allylic oxidation sites excluding steroid dienone is 14. The molecule has 10 heteroatoms. The lowest BCUT2D eigenvalue weighted by Crippen LogP contribution is -2.29. The lowest BCUT2D eigenvalue weighted by molar-refractivity contribution is -0.161. The van der Waals surface area contributed by atoms with Crippen LogP contribution in [-0.2, 0) is 32.7 Å². The summed E-state index contributed by atoms with van der Waals surface area (Å²) in [6.45, 7) is 3.58. The number of esters is 2. The van der Waals surface area contributed by atoms with Crippen LogP contribution in [0.3, 0.4) is 0 Å². The van der Waals surface area contributed by atoms with Crippen LogP contribution in [-0.4, -0.2) is 49.3 Å². The number of phosphoric ester groups is 1. The predicted octanol–water partition coefficient (Wildman–Crippen LogP) is 14.4. The Kier molecular flexibility index (Phi) is 44.5. The van der Waals surface area contributed by atoms with Crippen molar-refractivity contribution in [2.45, 2.75) is 200 Å². The van der Waals surface area contributed by atoms with Crippen molar-refractivity contribution < 1.29 is 37.6 Å². The van der Waals surface area contributed by atoms with E-state index in [4.69, 9.17) is 24.3 Å². The largest absolute Gasteiger partial charge is 0.472 e. The molecule has 0 aliphatic carbocycles. The molecule has 2 atom stereocenters. The van der Waals surface area contributed by atoms with E-state index in [-0.39, 0.29) is 38.6 Å². The van der Waals surface area contributed by atoms with Crippen molar-refractivity contribution in [2.24, 2.45) is 5.73 Å². The first kappa shape index (κ1) is 58.2. The van der Waals surface area contributed by atoms with Gasteiger partial charge in [-0.2, -0.15) is 0 Å². The monoisotopic (exact) mass is 874 g/mol. The van der Waals surface area contributed by atoms with E-state index in [1.54, 1.807) is 0 Å². The molecule has 0 bridgehead atoms. The molecule has 0 aliphatic rings. The zero-order valence-electron chi connectivity index (χ0n) is 38.6. The summed E-state index contributed by atoms with van der Waals surface area (Å²) in [5.74, 6) is -0.842. The number of nitrogens with two attached hydrogens (primary N) is 1. The second kappa shape index (κ2) is 46.7. The van der Waals surface area contributed by atoms with Crippen LogP contribution in [0.1, 0.15) is 194 Å². The summed E-state index contributed by atoms with van der Waals surface area (Å²) in [4.78, 5) is 34.8. The summed E-state index contributed by atoms with van der Waals surface area (Å²) in [6.07, 6.45) is 59.2. The molecule has 2 unspecified atom stereocenters. The highest BCUT2D eigenvalue weighted by molar-refractivity contribution is 7.47. The van der Waals surface area contributed by atoms with Gasteiger partial charge < -0.3 is 20.1 Å². The molecule has 9 nitrogen and oxygen atoms in total. The van der Waals surface area contributed by atoms with E-state index in [9.17, 15) is 19.0 Å². The lowest BCUT2D eigenvalue weighted by Gasteiger charge is -2.19. The Morgan fingerprint density at radius 1 is 0.508 bits per heavy atom. The van der Waals surface area contributed by atoms with Gasteiger partial charge in [-0.05, 0) is 70.6 Å². The summed E-state index contributed by atoms with van der Waals surface area (Å²) in [5, 5.41) is 0. The van der Waals surface area contributed by atoms with Crippen LogP contribution in [0.2, 0.25) is 0 Å². The SMILES string of the molecule is CC/C=C\C/C=C\C/C=C\C/C=C\C/C=C\C/C=C\C/C=C\CCCCCCCCCCCC(=O)OC(COC(=O)CCCCCCCCCCC)COP(=O)(O)OCCN. The van der Waals surface area contributed by atoms with Gasteiger partial charge in [0.05, 0.1) is 13.2 Å². The van der Waals surface area contributed by atoms with Crippen molar-refractivity contribution in [1.82, 2.24) is 0 Å². The highest BCUT2D eigenvalue weighted by Gasteiger charge is 2.26. The van der Waals surface area contributed by atoms with E-state index in [1.807, 2.05) is 0 Å². The number of unbranched alkanes of at least 4 members (excludes halogenated alkanes) is 17. The molecule has 0 aromatic heterocycles. The quantitative estimate of drug-likeness (QED) is 0.0265. The maximum atomic E-state index is 12.6. The minimum Gasteiger partial charge on any atom is -0.462 e. The molecule has 0 amide bonds. The van der Waals surface area contributed by atoms with Crippen molar-refractivity contribution in [3.8, 4) is 0 Å². The van der Waals surface area contributed by atoms with Gasteiger partial charge in [0.2, 0.25) is 0 Å². The summed E-state index contributed by atoms with van der Waals surface area (Å²) < 4.78 is 32.7. The van der Waals surface area contributed by atoms with Crippen LogP contribution in [0.25, 0.3) is 0 Å². The third-order valence-electron chi connectivity index (χ3n) is 9.80. The second-order valence-electron chi connectivity index (χ2n) is 15.6. The Labute approximate surface area is 373 Å². The van der Waals surface area contributed by atoms with E-state index >= 15 is 0 Å². The molecule has 61 heavy (non-hydrogen) atoms. The van der Waals surface area contributed by atoms with E-state index < -0.39 is 26.5 Å². The van der Waals surface area contributed by atoms with E-state index in [1.165, 1.54) is 70.6 Å². The fraction of sp³-hybridized carbons (Fsp3) is 0.686. The van der Waals surface area contributed by atoms with Gasteiger partial charge >= 0.3 is 19.8 Å². The number of carbonyl (C=O) groups excluding carboxylic acids is 2. The van der Waals surface area contributed by atoms with Gasteiger partial charge in [0, 0.05) is 19.4 Å². The highest BCUT2D eigenvalue weighted by Crippen LogP contribution is 2.43. The van der Waals surface area contributed by atoms with Gasteiger partial charge in [-0.1, -0.05) is 195 Å². The van der Waals surface area contributed by atoms with E-state index in [0.717, 1.165) is 89.9 Å². The molecule has 0 aliphatic heterocycles. The molecule has 0 heterocycles. The summed E-state index contributed by atoms with van der Waals surface area (Å²) >= 11 is 0.